The molecule has 0 spiro atoms. The number of hydrogen-bond donors (Lipinski definition) is 0. The number of carbonyl (C=O) groups is 3. The topological polar surface area (TPSA) is 73.8 Å². The number of aromatic nitrogens is 1. The van der Waals surface area contributed by atoms with Crippen molar-refractivity contribution < 1.29 is 40.7 Å². The number of nitrogens with zero attached hydrogens (tertiary/aromatic N) is 4. The van der Waals surface area contributed by atoms with Crippen LogP contribution in [0.15, 0.2) is 48.7 Å². The van der Waals surface area contributed by atoms with E-state index in [1.165, 1.54) is 18.3 Å². The number of pyridine rings is 1. The Kier molecular flexibility index (Phi) is 8.75. The second-order valence-corrected chi connectivity index (χ2v) is 12.1. The van der Waals surface area contributed by atoms with Crippen LogP contribution in [0.5, 0.6) is 0 Å². The lowest BCUT2D eigenvalue weighted by Crippen LogP contribution is -2.40. The molecular formula is C34H32F6N4O3. The monoisotopic (exact) mass is 658 g/mol. The Hall–Kier alpha value is -4.42. The molecule has 3 aliphatic heterocycles. The molecule has 248 valence electrons. The Morgan fingerprint density at radius 1 is 0.553 bits per heavy atom. The molecule has 0 unspecified atom stereocenters. The summed E-state index contributed by atoms with van der Waals surface area (Å²) in [4.78, 5) is 48.6. The summed E-state index contributed by atoms with van der Waals surface area (Å²) in [6.07, 6.45) is -3.17. The number of halogens is 6. The van der Waals surface area contributed by atoms with E-state index in [-0.39, 0.29) is 23.4 Å². The van der Waals surface area contributed by atoms with Crippen molar-refractivity contribution in [2.24, 2.45) is 0 Å². The van der Waals surface area contributed by atoms with Crippen LogP contribution in [0.2, 0.25) is 0 Å². The summed E-state index contributed by atoms with van der Waals surface area (Å²) in [6, 6.07) is 7.35. The first-order chi connectivity index (χ1) is 22.3. The highest BCUT2D eigenvalue weighted by atomic mass is 19.4. The van der Waals surface area contributed by atoms with Gasteiger partial charge in [0.25, 0.3) is 0 Å². The summed E-state index contributed by atoms with van der Waals surface area (Å²) in [6.45, 7) is 1.25. The van der Waals surface area contributed by atoms with Crippen molar-refractivity contribution in [3.8, 4) is 22.4 Å². The maximum absolute atomic E-state index is 13.9. The smallest absolute Gasteiger partial charge is 0.312 e. The van der Waals surface area contributed by atoms with Crippen LogP contribution in [-0.2, 0) is 26.7 Å². The molecule has 6 rings (SSSR count). The summed E-state index contributed by atoms with van der Waals surface area (Å²) in [5, 5.41) is 0. The van der Waals surface area contributed by atoms with E-state index in [2.05, 4.69) is 4.98 Å². The van der Waals surface area contributed by atoms with E-state index < -0.39 is 29.0 Å². The molecule has 0 bridgehead atoms. The minimum Gasteiger partial charge on any atom is -0.312 e. The first-order valence-corrected chi connectivity index (χ1v) is 15.7. The number of amides is 3. The molecule has 3 aliphatic rings. The van der Waals surface area contributed by atoms with Gasteiger partial charge in [-0.05, 0) is 74.9 Å². The fraction of sp³-hybridized carbons (Fsp3) is 0.412. The Labute approximate surface area is 267 Å². The van der Waals surface area contributed by atoms with Crippen molar-refractivity contribution in [1.82, 2.24) is 4.98 Å². The van der Waals surface area contributed by atoms with Crippen LogP contribution in [0.1, 0.15) is 68.9 Å². The third kappa shape index (κ3) is 6.57. The van der Waals surface area contributed by atoms with Crippen molar-refractivity contribution in [2.75, 3.05) is 34.3 Å². The molecule has 0 radical (unpaired) electrons. The minimum absolute atomic E-state index is 0.0989. The molecule has 1 aromatic heterocycles. The first-order valence-electron chi connectivity index (χ1n) is 15.7. The largest absolute Gasteiger partial charge is 0.417 e. The molecule has 0 saturated carbocycles. The number of hydrogen-bond acceptors (Lipinski definition) is 4. The Balaban J connectivity index is 1.52. The maximum atomic E-state index is 13.9. The predicted molar refractivity (Wildman–Crippen MR) is 164 cm³/mol. The molecule has 3 aromatic rings. The quantitative estimate of drug-likeness (QED) is 0.261. The molecule has 0 atom stereocenters. The van der Waals surface area contributed by atoms with Crippen LogP contribution in [-0.4, -0.2) is 42.3 Å². The summed E-state index contributed by atoms with van der Waals surface area (Å²) in [5.41, 5.74) is -1.25. The molecule has 3 fully saturated rings. The van der Waals surface area contributed by atoms with E-state index in [9.17, 15) is 40.7 Å². The average Bonchev–Trinajstić information content (AvgIpc) is 3.04. The van der Waals surface area contributed by atoms with Crippen LogP contribution in [0.4, 0.5) is 43.4 Å². The molecule has 3 saturated heterocycles. The van der Waals surface area contributed by atoms with Gasteiger partial charge >= 0.3 is 12.4 Å². The van der Waals surface area contributed by atoms with Gasteiger partial charge in [-0.15, -0.1) is 0 Å². The molecule has 47 heavy (non-hydrogen) atoms. The van der Waals surface area contributed by atoms with Crippen molar-refractivity contribution in [2.45, 2.75) is 70.1 Å². The van der Waals surface area contributed by atoms with E-state index in [1.807, 2.05) is 0 Å². The van der Waals surface area contributed by atoms with E-state index in [0.717, 1.165) is 32.1 Å². The summed E-state index contributed by atoms with van der Waals surface area (Å²) < 4.78 is 82.0. The predicted octanol–water partition coefficient (Wildman–Crippen LogP) is 8.00. The molecule has 13 heteroatoms. The normalized spacial score (nSPS) is 18.3. The first kappa shape index (κ1) is 32.5. The Morgan fingerprint density at radius 3 is 1.55 bits per heavy atom. The number of rotatable bonds is 5. The number of piperidine rings is 3. The number of anilines is 3. The molecule has 4 heterocycles. The van der Waals surface area contributed by atoms with Gasteiger partial charge < -0.3 is 14.7 Å². The summed E-state index contributed by atoms with van der Waals surface area (Å²) >= 11 is 0. The van der Waals surface area contributed by atoms with Crippen molar-refractivity contribution >= 4 is 34.8 Å². The van der Waals surface area contributed by atoms with Crippen molar-refractivity contribution in [3.05, 3.63) is 59.8 Å². The van der Waals surface area contributed by atoms with Gasteiger partial charge in [0.1, 0.15) is 0 Å². The number of alkyl halides is 6. The number of benzene rings is 2. The van der Waals surface area contributed by atoms with Crippen molar-refractivity contribution in [3.63, 3.8) is 0 Å². The van der Waals surface area contributed by atoms with Crippen LogP contribution in [0.3, 0.4) is 0 Å². The maximum Gasteiger partial charge on any atom is 0.417 e. The lowest BCUT2D eigenvalue weighted by molar-refractivity contribution is -0.141. The van der Waals surface area contributed by atoms with Crippen LogP contribution < -0.4 is 14.7 Å². The van der Waals surface area contributed by atoms with Crippen molar-refractivity contribution in [1.29, 1.82) is 0 Å². The van der Waals surface area contributed by atoms with E-state index >= 15 is 0 Å². The molecule has 0 aliphatic carbocycles. The summed E-state index contributed by atoms with van der Waals surface area (Å²) in [7, 11) is 0. The Morgan fingerprint density at radius 2 is 1.09 bits per heavy atom. The zero-order valence-electron chi connectivity index (χ0n) is 25.4. The van der Waals surface area contributed by atoms with Gasteiger partial charge in [-0.25, -0.2) is 0 Å². The second-order valence-electron chi connectivity index (χ2n) is 12.1. The molecule has 3 amide bonds. The highest BCUT2D eigenvalue weighted by Crippen LogP contribution is 2.45. The average molecular weight is 659 g/mol. The SMILES string of the molecule is O=C1CCCCN1c1cc(N2CCCCC2=O)c(N2CCCCC2=O)cc1-c1ccc(-c2cc(C(F)(F)F)ccc2C(F)(F)F)nc1. The minimum atomic E-state index is -4.93. The van der Waals surface area contributed by atoms with E-state index in [4.69, 9.17) is 0 Å². The molecule has 7 nitrogen and oxygen atoms in total. The fourth-order valence-corrected chi connectivity index (χ4v) is 6.53. The van der Waals surface area contributed by atoms with Crippen LogP contribution in [0, 0.1) is 0 Å². The van der Waals surface area contributed by atoms with Crippen LogP contribution in [0.25, 0.3) is 22.4 Å². The summed E-state index contributed by atoms with van der Waals surface area (Å²) in [5.74, 6) is -0.357. The lowest BCUT2D eigenvalue weighted by atomic mass is 9.96. The zero-order valence-corrected chi connectivity index (χ0v) is 25.4. The third-order valence-electron chi connectivity index (χ3n) is 8.94. The molecule has 2 aromatic carbocycles. The fourth-order valence-electron chi connectivity index (χ4n) is 6.53. The second kappa shape index (κ2) is 12.6. The van der Waals surface area contributed by atoms with Gasteiger partial charge in [0.05, 0.1) is 33.9 Å². The van der Waals surface area contributed by atoms with Gasteiger partial charge in [0.15, 0.2) is 0 Å². The highest BCUT2D eigenvalue weighted by Gasteiger charge is 2.38. The van der Waals surface area contributed by atoms with Gasteiger partial charge in [0, 0.05) is 61.8 Å². The lowest BCUT2D eigenvalue weighted by Gasteiger charge is -2.36. The van der Waals surface area contributed by atoms with Gasteiger partial charge in [-0.2, -0.15) is 26.3 Å². The standard InChI is InChI=1S/C34H32F6N4O3/c35-33(36,37)22-11-12-25(34(38,39)40)24(17-22)26-13-10-21(20-41-26)23-18-28(43-15-5-2-8-31(43)46)29(44-16-6-3-9-32(44)47)19-27(23)42-14-4-1-7-30(42)45/h10-13,17-20H,1-9,14-16H2. The number of carbonyl (C=O) groups excluding carboxylic acids is 3. The zero-order chi connectivity index (χ0) is 33.5. The van der Waals surface area contributed by atoms with Gasteiger partial charge in [-0.3, -0.25) is 19.4 Å². The molecule has 0 N–H and O–H groups in total. The van der Waals surface area contributed by atoms with Gasteiger partial charge in [0.2, 0.25) is 17.7 Å². The highest BCUT2D eigenvalue weighted by molar-refractivity contribution is 6.07. The van der Waals surface area contributed by atoms with Crippen LogP contribution >= 0.6 is 0 Å². The third-order valence-corrected chi connectivity index (χ3v) is 8.94. The Bertz CT molecular complexity index is 1700. The molecular weight excluding hydrogens is 626 g/mol. The van der Waals surface area contributed by atoms with Gasteiger partial charge in [-0.1, -0.05) is 6.07 Å². The van der Waals surface area contributed by atoms with E-state index in [0.29, 0.717) is 91.7 Å². The van der Waals surface area contributed by atoms with E-state index in [1.54, 1.807) is 26.8 Å².